The number of esters is 1. The van der Waals surface area contributed by atoms with E-state index in [2.05, 4.69) is 4.74 Å². The van der Waals surface area contributed by atoms with Crippen LogP contribution < -0.4 is 0 Å². The van der Waals surface area contributed by atoms with E-state index in [4.69, 9.17) is 0 Å². The molecule has 0 unspecified atom stereocenters. The average molecular weight is 170 g/mol. The van der Waals surface area contributed by atoms with E-state index >= 15 is 0 Å². The molecule has 0 saturated heterocycles. The number of methoxy groups -OCH3 is 1. The molecule has 0 aromatic rings. The fourth-order valence-corrected chi connectivity index (χ4v) is 0.716. The summed E-state index contributed by atoms with van der Waals surface area (Å²) >= 11 is 0. The third kappa shape index (κ3) is 6.99. The zero-order valence-electron chi connectivity index (χ0n) is 7.50. The summed E-state index contributed by atoms with van der Waals surface area (Å²) in [6.07, 6.45) is 5.17. The van der Waals surface area contributed by atoms with Gasteiger partial charge in [0.2, 0.25) is 0 Å². The number of ketones is 1. The zero-order valence-corrected chi connectivity index (χ0v) is 7.50. The van der Waals surface area contributed by atoms with Crippen molar-refractivity contribution in [3.63, 3.8) is 0 Å². The Morgan fingerprint density at radius 1 is 1.42 bits per heavy atom. The standard InChI is InChI=1S/C9H14O3/c1-8(10)6-4-3-5-7-9(11)12-2/h4,6H,3,5,7H2,1-2H3/b6-4+. The molecule has 0 fully saturated rings. The molecule has 0 saturated carbocycles. The number of hydrogen-bond donors (Lipinski definition) is 0. The first-order chi connectivity index (χ1) is 5.66. The van der Waals surface area contributed by atoms with Gasteiger partial charge in [0.25, 0.3) is 0 Å². The molecule has 0 aliphatic carbocycles. The molecule has 0 spiro atoms. The maximum absolute atomic E-state index is 10.6. The van der Waals surface area contributed by atoms with Crippen LogP contribution in [0.2, 0.25) is 0 Å². The number of rotatable bonds is 5. The minimum Gasteiger partial charge on any atom is -0.469 e. The van der Waals surface area contributed by atoms with E-state index in [0.717, 1.165) is 12.8 Å². The van der Waals surface area contributed by atoms with Crippen molar-refractivity contribution in [2.75, 3.05) is 7.11 Å². The summed E-state index contributed by atoms with van der Waals surface area (Å²) in [5, 5.41) is 0. The van der Waals surface area contributed by atoms with Crippen molar-refractivity contribution >= 4 is 11.8 Å². The van der Waals surface area contributed by atoms with E-state index in [-0.39, 0.29) is 11.8 Å². The summed E-state index contributed by atoms with van der Waals surface area (Å²) < 4.78 is 4.45. The van der Waals surface area contributed by atoms with Crippen molar-refractivity contribution in [3.8, 4) is 0 Å². The first-order valence-electron chi connectivity index (χ1n) is 3.90. The van der Waals surface area contributed by atoms with Gasteiger partial charge in [-0.15, -0.1) is 0 Å². The van der Waals surface area contributed by atoms with E-state index in [1.165, 1.54) is 20.1 Å². The van der Waals surface area contributed by atoms with Gasteiger partial charge in [-0.2, -0.15) is 0 Å². The minimum atomic E-state index is -0.203. The molecule has 0 amide bonds. The molecule has 68 valence electrons. The summed E-state index contributed by atoms with van der Waals surface area (Å²) in [5.41, 5.74) is 0. The highest BCUT2D eigenvalue weighted by Gasteiger charge is 1.96. The lowest BCUT2D eigenvalue weighted by Gasteiger charge is -1.94. The zero-order chi connectivity index (χ0) is 9.40. The number of carbonyl (C=O) groups excluding carboxylic acids is 2. The van der Waals surface area contributed by atoms with E-state index in [1.54, 1.807) is 6.08 Å². The third-order valence-corrected chi connectivity index (χ3v) is 1.33. The predicted octanol–water partition coefficient (Wildman–Crippen LogP) is 1.47. The summed E-state index contributed by atoms with van der Waals surface area (Å²) in [6, 6.07) is 0. The fraction of sp³-hybridized carbons (Fsp3) is 0.556. The highest BCUT2D eigenvalue weighted by molar-refractivity contribution is 5.87. The van der Waals surface area contributed by atoms with Gasteiger partial charge >= 0.3 is 5.97 Å². The van der Waals surface area contributed by atoms with Gasteiger partial charge in [0.1, 0.15) is 0 Å². The minimum absolute atomic E-state index is 0.0352. The Bertz CT molecular complexity index is 182. The Balaban J connectivity index is 3.33. The van der Waals surface area contributed by atoms with E-state index in [9.17, 15) is 9.59 Å². The van der Waals surface area contributed by atoms with Gasteiger partial charge in [-0.3, -0.25) is 9.59 Å². The van der Waals surface area contributed by atoms with E-state index in [1.807, 2.05) is 0 Å². The van der Waals surface area contributed by atoms with Gasteiger partial charge in [0.05, 0.1) is 7.11 Å². The maximum Gasteiger partial charge on any atom is 0.305 e. The van der Waals surface area contributed by atoms with Gasteiger partial charge in [-0.25, -0.2) is 0 Å². The van der Waals surface area contributed by atoms with Gasteiger partial charge < -0.3 is 4.74 Å². The van der Waals surface area contributed by atoms with Crippen LogP contribution in [-0.4, -0.2) is 18.9 Å². The molecule has 0 radical (unpaired) electrons. The van der Waals surface area contributed by atoms with Gasteiger partial charge in [0.15, 0.2) is 5.78 Å². The number of carbonyl (C=O) groups is 2. The molecule has 0 N–H and O–H groups in total. The van der Waals surface area contributed by atoms with E-state index in [0.29, 0.717) is 6.42 Å². The lowest BCUT2D eigenvalue weighted by atomic mass is 10.2. The molecule has 0 aliphatic rings. The van der Waals surface area contributed by atoms with Crippen LogP contribution in [0.15, 0.2) is 12.2 Å². The summed E-state index contributed by atoms with van der Waals surface area (Å²) in [7, 11) is 1.37. The Hall–Kier alpha value is -1.12. The molecule has 0 aromatic carbocycles. The quantitative estimate of drug-likeness (QED) is 0.356. The van der Waals surface area contributed by atoms with Crippen molar-refractivity contribution in [1.82, 2.24) is 0 Å². The molecule has 3 heteroatoms. The molecule has 0 heterocycles. The van der Waals surface area contributed by atoms with Crippen molar-refractivity contribution < 1.29 is 14.3 Å². The number of ether oxygens (including phenoxy) is 1. The Morgan fingerprint density at radius 2 is 2.08 bits per heavy atom. The number of allylic oxidation sites excluding steroid dienone is 2. The smallest absolute Gasteiger partial charge is 0.305 e. The van der Waals surface area contributed by atoms with Crippen LogP contribution in [0, 0.1) is 0 Å². The van der Waals surface area contributed by atoms with Crippen molar-refractivity contribution in [1.29, 1.82) is 0 Å². The van der Waals surface area contributed by atoms with E-state index < -0.39 is 0 Å². The molecule has 0 aromatic heterocycles. The highest BCUT2D eigenvalue weighted by Crippen LogP contribution is 1.97. The third-order valence-electron chi connectivity index (χ3n) is 1.33. The summed E-state index contributed by atoms with van der Waals surface area (Å²) in [4.78, 5) is 21.0. The molecular weight excluding hydrogens is 156 g/mol. The lowest BCUT2D eigenvalue weighted by molar-refractivity contribution is -0.140. The molecule has 0 aliphatic heterocycles. The molecule has 12 heavy (non-hydrogen) atoms. The van der Waals surface area contributed by atoms with Crippen LogP contribution in [0.4, 0.5) is 0 Å². The van der Waals surface area contributed by atoms with Gasteiger partial charge in [-0.05, 0) is 25.8 Å². The second-order valence-electron chi connectivity index (χ2n) is 2.48. The molecule has 0 bridgehead atoms. The van der Waals surface area contributed by atoms with Crippen LogP contribution in [0.1, 0.15) is 26.2 Å². The lowest BCUT2D eigenvalue weighted by Crippen LogP contribution is -1.98. The van der Waals surface area contributed by atoms with Gasteiger partial charge in [-0.1, -0.05) is 6.08 Å². The summed E-state index contributed by atoms with van der Waals surface area (Å²) in [6.45, 7) is 1.50. The maximum atomic E-state index is 10.6. The Kier molecular flexibility index (Phi) is 5.97. The van der Waals surface area contributed by atoms with Crippen LogP contribution in [0.3, 0.4) is 0 Å². The number of hydrogen-bond acceptors (Lipinski definition) is 3. The highest BCUT2D eigenvalue weighted by atomic mass is 16.5. The first kappa shape index (κ1) is 10.9. The Morgan fingerprint density at radius 3 is 2.58 bits per heavy atom. The Labute approximate surface area is 72.4 Å². The van der Waals surface area contributed by atoms with Crippen molar-refractivity contribution in [2.24, 2.45) is 0 Å². The van der Waals surface area contributed by atoms with Crippen LogP contribution in [-0.2, 0) is 14.3 Å². The summed E-state index contributed by atoms with van der Waals surface area (Å²) in [5.74, 6) is -0.167. The largest absolute Gasteiger partial charge is 0.469 e. The first-order valence-corrected chi connectivity index (χ1v) is 3.90. The van der Waals surface area contributed by atoms with Crippen molar-refractivity contribution in [2.45, 2.75) is 26.2 Å². The monoisotopic (exact) mass is 170 g/mol. The van der Waals surface area contributed by atoms with Crippen LogP contribution >= 0.6 is 0 Å². The second kappa shape index (κ2) is 6.58. The SMILES string of the molecule is COC(=O)CCC/C=C/C(C)=O. The molecule has 0 atom stereocenters. The second-order valence-corrected chi connectivity index (χ2v) is 2.48. The normalized spacial score (nSPS) is 10.2. The fourth-order valence-electron chi connectivity index (χ4n) is 0.716. The molecular formula is C9H14O3. The van der Waals surface area contributed by atoms with Crippen LogP contribution in [0.5, 0.6) is 0 Å². The number of unbranched alkanes of at least 4 members (excludes halogenated alkanes) is 1. The van der Waals surface area contributed by atoms with Gasteiger partial charge in [0, 0.05) is 6.42 Å². The average Bonchev–Trinajstić information content (AvgIpc) is 2.03. The predicted molar refractivity (Wildman–Crippen MR) is 45.7 cm³/mol. The topological polar surface area (TPSA) is 43.4 Å². The van der Waals surface area contributed by atoms with Crippen molar-refractivity contribution in [3.05, 3.63) is 12.2 Å². The molecule has 0 rings (SSSR count). The molecule has 3 nitrogen and oxygen atoms in total. The van der Waals surface area contributed by atoms with Crippen LogP contribution in [0.25, 0.3) is 0 Å².